The van der Waals surface area contributed by atoms with E-state index in [1.165, 1.54) is 22.9 Å². The minimum Gasteiger partial charge on any atom is -0.462 e. The van der Waals surface area contributed by atoms with Crippen LogP contribution < -0.4 is 0 Å². The molecular weight excluding hydrogens is 292 g/mol. The van der Waals surface area contributed by atoms with E-state index >= 15 is 0 Å². The summed E-state index contributed by atoms with van der Waals surface area (Å²) in [5, 5.41) is 3.99. The molecule has 3 aromatic rings. The van der Waals surface area contributed by atoms with Gasteiger partial charge in [0.25, 0.3) is 0 Å². The Morgan fingerprint density at radius 2 is 2.04 bits per heavy atom. The number of hydrogen-bond acceptors (Lipinski definition) is 5. The summed E-state index contributed by atoms with van der Waals surface area (Å²) >= 11 is 0. The minimum absolute atomic E-state index is 0.359. The average molecular weight is 308 g/mol. The van der Waals surface area contributed by atoms with Crippen LogP contribution in [0, 0.1) is 0 Å². The van der Waals surface area contributed by atoms with Crippen LogP contribution in [0.3, 0.4) is 0 Å². The molecule has 0 N–H and O–H groups in total. The molecule has 0 radical (unpaired) electrons. The van der Waals surface area contributed by atoms with Crippen LogP contribution in [0.25, 0.3) is 5.82 Å². The molecule has 3 rings (SSSR count). The number of rotatable bonds is 6. The topological polar surface area (TPSA) is 69.9 Å². The van der Waals surface area contributed by atoms with Crippen molar-refractivity contribution in [1.29, 1.82) is 0 Å². The Labute approximate surface area is 133 Å². The quantitative estimate of drug-likeness (QED) is 0.517. The summed E-state index contributed by atoms with van der Waals surface area (Å²) in [6.45, 7) is 0.384. The van der Waals surface area contributed by atoms with E-state index < -0.39 is 0 Å². The Hall–Kier alpha value is -3.02. The van der Waals surface area contributed by atoms with E-state index in [1.54, 1.807) is 18.3 Å². The molecule has 0 atom stereocenters. The van der Waals surface area contributed by atoms with Gasteiger partial charge < -0.3 is 4.74 Å². The fourth-order valence-corrected chi connectivity index (χ4v) is 2.17. The van der Waals surface area contributed by atoms with Gasteiger partial charge in [-0.2, -0.15) is 5.10 Å². The van der Waals surface area contributed by atoms with Crippen LogP contribution >= 0.6 is 0 Å². The largest absolute Gasteiger partial charge is 0.462 e. The average Bonchev–Trinajstić information content (AvgIpc) is 3.14. The summed E-state index contributed by atoms with van der Waals surface area (Å²) < 4.78 is 6.80. The standard InChI is InChI=1S/C17H16N4O2/c22-17(23-10-4-7-14-5-2-1-3-6-14)15-8-9-19-16(11-15)21-13-18-12-20-21/h1-3,5-6,8-9,11-13H,4,7,10H2. The molecular formula is C17H16N4O2. The Morgan fingerprint density at radius 3 is 2.83 bits per heavy atom. The SMILES string of the molecule is O=C(OCCCc1ccccc1)c1ccnc(-n2cncn2)c1. The van der Waals surface area contributed by atoms with Crippen molar-refractivity contribution >= 4 is 5.97 Å². The second kappa shape index (κ2) is 7.31. The summed E-state index contributed by atoms with van der Waals surface area (Å²) in [5.41, 5.74) is 1.69. The predicted molar refractivity (Wildman–Crippen MR) is 84.2 cm³/mol. The number of carbonyl (C=O) groups is 1. The van der Waals surface area contributed by atoms with E-state index in [4.69, 9.17) is 4.74 Å². The van der Waals surface area contributed by atoms with Crippen molar-refractivity contribution in [1.82, 2.24) is 19.7 Å². The van der Waals surface area contributed by atoms with E-state index in [2.05, 4.69) is 27.2 Å². The van der Waals surface area contributed by atoms with Crippen molar-refractivity contribution in [3.05, 3.63) is 72.4 Å². The normalized spacial score (nSPS) is 10.4. The first-order chi connectivity index (χ1) is 11.3. The highest BCUT2D eigenvalue weighted by molar-refractivity contribution is 5.89. The van der Waals surface area contributed by atoms with Crippen LogP contribution in [0.1, 0.15) is 22.3 Å². The molecule has 0 aliphatic heterocycles. The summed E-state index contributed by atoms with van der Waals surface area (Å²) in [6, 6.07) is 13.4. The van der Waals surface area contributed by atoms with Gasteiger partial charge in [0.05, 0.1) is 12.2 Å². The lowest BCUT2D eigenvalue weighted by molar-refractivity contribution is 0.0500. The van der Waals surface area contributed by atoms with Gasteiger partial charge in [-0.3, -0.25) is 0 Å². The van der Waals surface area contributed by atoms with Crippen molar-refractivity contribution in [2.45, 2.75) is 12.8 Å². The van der Waals surface area contributed by atoms with Gasteiger partial charge in [0.1, 0.15) is 12.7 Å². The van der Waals surface area contributed by atoms with E-state index in [-0.39, 0.29) is 5.97 Å². The number of benzene rings is 1. The van der Waals surface area contributed by atoms with Gasteiger partial charge in [-0.05, 0) is 30.5 Å². The smallest absolute Gasteiger partial charge is 0.338 e. The maximum Gasteiger partial charge on any atom is 0.338 e. The van der Waals surface area contributed by atoms with Gasteiger partial charge in [-0.25, -0.2) is 19.4 Å². The lowest BCUT2D eigenvalue weighted by atomic mass is 10.1. The minimum atomic E-state index is -0.359. The Bertz CT molecular complexity index is 757. The summed E-state index contributed by atoms with van der Waals surface area (Å²) in [4.78, 5) is 20.1. The molecule has 6 heteroatoms. The second-order valence-corrected chi connectivity index (χ2v) is 4.97. The van der Waals surface area contributed by atoms with E-state index in [0.29, 0.717) is 18.0 Å². The molecule has 2 heterocycles. The third-order valence-electron chi connectivity index (χ3n) is 3.32. The molecule has 0 bridgehead atoms. The van der Waals surface area contributed by atoms with Crippen LogP contribution in [0.5, 0.6) is 0 Å². The number of carbonyl (C=O) groups excluding carboxylic acids is 1. The van der Waals surface area contributed by atoms with Crippen molar-refractivity contribution in [2.24, 2.45) is 0 Å². The zero-order chi connectivity index (χ0) is 15.9. The molecule has 0 fully saturated rings. The highest BCUT2D eigenvalue weighted by Gasteiger charge is 2.09. The lowest BCUT2D eigenvalue weighted by Crippen LogP contribution is -2.09. The van der Waals surface area contributed by atoms with E-state index in [1.807, 2.05) is 18.2 Å². The van der Waals surface area contributed by atoms with Gasteiger partial charge >= 0.3 is 5.97 Å². The highest BCUT2D eigenvalue weighted by atomic mass is 16.5. The first-order valence-corrected chi connectivity index (χ1v) is 7.35. The molecule has 1 aromatic carbocycles. The maximum atomic E-state index is 12.1. The molecule has 0 saturated heterocycles. The third-order valence-corrected chi connectivity index (χ3v) is 3.32. The molecule has 6 nitrogen and oxygen atoms in total. The maximum absolute atomic E-state index is 12.1. The second-order valence-electron chi connectivity index (χ2n) is 4.97. The highest BCUT2D eigenvalue weighted by Crippen LogP contribution is 2.08. The van der Waals surface area contributed by atoms with Crippen molar-refractivity contribution in [3.63, 3.8) is 0 Å². The lowest BCUT2D eigenvalue weighted by Gasteiger charge is -2.06. The molecule has 0 spiro atoms. The predicted octanol–water partition coefficient (Wildman–Crippen LogP) is 2.45. The molecule has 116 valence electrons. The van der Waals surface area contributed by atoms with Crippen LogP contribution in [0.2, 0.25) is 0 Å². The Balaban J connectivity index is 1.53. The van der Waals surface area contributed by atoms with Crippen molar-refractivity contribution < 1.29 is 9.53 Å². The molecule has 23 heavy (non-hydrogen) atoms. The van der Waals surface area contributed by atoms with Gasteiger partial charge in [-0.1, -0.05) is 30.3 Å². The fourth-order valence-electron chi connectivity index (χ4n) is 2.17. The van der Waals surface area contributed by atoms with Gasteiger partial charge in [0, 0.05) is 6.20 Å². The summed E-state index contributed by atoms with van der Waals surface area (Å²) in [7, 11) is 0. The van der Waals surface area contributed by atoms with Crippen molar-refractivity contribution in [3.8, 4) is 5.82 Å². The number of nitrogens with zero attached hydrogens (tertiary/aromatic N) is 4. The molecule has 2 aromatic heterocycles. The summed E-state index contributed by atoms with van der Waals surface area (Å²) in [5.74, 6) is 0.170. The van der Waals surface area contributed by atoms with Crippen molar-refractivity contribution in [2.75, 3.05) is 6.61 Å². The Kier molecular flexibility index (Phi) is 4.73. The molecule has 0 saturated carbocycles. The van der Waals surface area contributed by atoms with Crippen LogP contribution in [-0.4, -0.2) is 32.3 Å². The monoisotopic (exact) mass is 308 g/mol. The number of esters is 1. The van der Waals surface area contributed by atoms with Crippen LogP contribution in [0.4, 0.5) is 0 Å². The third kappa shape index (κ3) is 4.00. The molecule has 0 unspecified atom stereocenters. The first-order valence-electron chi connectivity index (χ1n) is 7.35. The molecule has 0 aliphatic rings. The van der Waals surface area contributed by atoms with Gasteiger partial charge in [0.2, 0.25) is 0 Å². The zero-order valence-electron chi connectivity index (χ0n) is 12.5. The number of ether oxygens (including phenoxy) is 1. The number of aryl methyl sites for hydroxylation is 1. The Morgan fingerprint density at radius 1 is 1.17 bits per heavy atom. The first kappa shape index (κ1) is 14.9. The fraction of sp³-hybridized carbons (Fsp3) is 0.176. The van der Waals surface area contributed by atoms with Crippen LogP contribution in [0.15, 0.2) is 61.3 Å². The van der Waals surface area contributed by atoms with Crippen LogP contribution in [-0.2, 0) is 11.2 Å². The number of hydrogen-bond donors (Lipinski definition) is 0. The van der Waals surface area contributed by atoms with Gasteiger partial charge in [0.15, 0.2) is 5.82 Å². The number of aromatic nitrogens is 4. The van der Waals surface area contributed by atoms with E-state index in [0.717, 1.165) is 12.8 Å². The zero-order valence-corrected chi connectivity index (χ0v) is 12.5. The molecule has 0 aliphatic carbocycles. The van der Waals surface area contributed by atoms with Gasteiger partial charge in [-0.15, -0.1) is 0 Å². The molecule has 0 amide bonds. The summed E-state index contributed by atoms with van der Waals surface area (Å²) in [6.07, 6.45) is 6.16. The van der Waals surface area contributed by atoms with E-state index in [9.17, 15) is 4.79 Å². The number of pyridine rings is 1.